The van der Waals surface area contributed by atoms with Gasteiger partial charge >= 0.3 is 0 Å². The predicted molar refractivity (Wildman–Crippen MR) is 81.0 cm³/mol. The monoisotopic (exact) mass is 299 g/mol. The molecule has 2 N–H and O–H groups in total. The van der Waals surface area contributed by atoms with Crippen molar-refractivity contribution < 1.29 is 0 Å². The first kappa shape index (κ1) is 13.9. The van der Waals surface area contributed by atoms with Crippen LogP contribution in [0.15, 0.2) is 17.5 Å². The molecule has 0 aliphatic rings. The minimum atomic E-state index is -0.261. The normalized spacial score (nSPS) is 12.8. The number of hydrogen-bond donors (Lipinski definition) is 1. The van der Waals surface area contributed by atoms with E-state index in [0.29, 0.717) is 5.02 Å². The zero-order valence-electron chi connectivity index (χ0n) is 10.6. The molecular weight excluding hydrogens is 285 g/mol. The first-order chi connectivity index (χ1) is 8.41. The lowest BCUT2D eigenvalue weighted by Crippen LogP contribution is -2.12. The fraction of sp³-hybridized carbons (Fsp3) is 0.286. The van der Waals surface area contributed by atoms with Gasteiger partial charge in [0.15, 0.2) is 0 Å². The molecule has 1 nitrogen and oxygen atoms in total. The maximum absolute atomic E-state index is 6.29. The molecule has 1 heterocycles. The molecule has 0 fully saturated rings. The zero-order valence-corrected chi connectivity index (χ0v) is 12.9. The molecule has 0 bridgehead atoms. The Labute approximate surface area is 122 Å². The van der Waals surface area contributed by atoms with Gasteiger partial charge in [0.25, 0.3) is 0 Å². The maximum atomic E-state index is 6.29. The Morgan fingerprint density at radius 3 is 2.22 bits per heavy atom. The molecule has 0 amide bonds. The molecule has 18 heavy (non-hydrogen) atoms. The fourth-order valence-electron chi connectivity index (χ4n) is 1.84. The molecular formula is C14H15Cl2NS. The summed E-state index contributed by atoms with van der Waals surface area (Å²) < 4.78 is 0. The van der Waals surface area contributed by atoms with Crippen LogP contribution in [0.1, 0.15) is 33.2 Å². The molecule has 2 aromatic rings. The van der Waals surface area contributed by atoms with E-state index >= 15 is 0 Å². The van der Waals surface area contributed by atoms with Crippen molar-refractivity contribution in [3.63, 3.8) is 0 Å². The smallest absolute Gasteiger partial charge is 0.0675 e. The lowest BCUT2D eigenvalue weighted by atomic mass is 10.00. The molecule has 2 rings (SSSR count). The number of benzene rings is 1. The van der Waals surface area contributed by atoms with Gasteiger partial charge in [-0.25, -0.2) is 0 Å². The molecule has 1 aromatic heterocycles. The van der Waals surface area contributed by atoms with E-state index in [1.807, 2.05) is 31.4 Å². The molecule has 0 spiro atoms. The van der Waals surface area contributed by atoms with E-state index in [1.54, 1.807) is 11.3 Å². The van der Waals surface area contributed by atoms with E-state index in [4.69, 9.17) is 28.9 Å². The molecule has 1 atom stereocenters. The summed E-state index contributed by atoms with van der Waals surface area (Å²) in [5.74, 6) is 0. The molecule has 0 radical (unpaired) electrons. The summed E-state index contributed by atoms with van der Waals surface area (Å²) in [6, 6.07) is 3.75. The van der Waals surface area contributed by atoms with E-state index < -0.39 is 0 Å². The van der Waals surface area contributed by atoms with Crippen LogP contribution in [0, 0.1) is 20.8 Å². The topological polar surface area (TPSA) is 26.0 Å². The summed E-state index contributed by atoms with van der Waals surface area (Å²) in [7, 11) is 0. The third-order valence-electron chi connectivity index (χ3n) is 3.16. The quantitative estimate of drug-likeness (QED) is 0.827. The van der Waals surface area contributed by atoms with Gasteiger partial charge in [0.2, 0.25) is 0 Å². The third-order valence-corrected chi connectivity index (χ3v) is 5.28. The third kappa shape index (κ3) is 2.43. The minimum absolute atomic E-state index is 0.261. The van der Waals surface area contributed by atoms with E-state index in [-0.39, 0.29) is 6.04 Å². The first-order valence-electron chi connectivity index (χ1n) is 5.67. The van der Waals surface area contributed by atoms with Crippen LogP contribution in [0.3, 0.4) is 0 Å². The van der Waals surface area contributed by atoms with Crippen LogP contribution in [0.4, 0.5) is 0 Å². The number of hydrogen-bond acceptors (Lipinski definition) is 2. The molecule has 96 valence electrons. The predicted octanol–water partition coefficient (Wildman–Crippen LogP) is 5.03. The van der Waals surface area contributed by atoms with Crippen molar-refractivity contribution in [2.24, 2.45) is 5.73 Å². The van der Waals surface area contributed by atoms with Gasteiger partial charge < -0.3 is 5.73 Å². The van der Waals surface area contributed by atoms with Gasteiger partial charge in [0, 0.05) is 9.90 Å². The van der Waals surface area contributed by atoms with Gasteiger partial charge in [-0.1, -0.05) is 29.3 Å². The largest absolute Gasteiger partial charge is 0.320 e. The molecule has 0 aliphatic carbocycles. The number of aryl methyl sites for hydroxylation is 3. The Kier molecular flexibility index (Phi) is 4.02. The highest BCUT2D eigenvalue weighted by molar-refractivity contribution is 7.10. The second-order valence-corrected chi connectivity index (χ2v) is 6.23. The highest BCUT2D eigenvalue weighted by atomic mass is 35.5. The number of thiophene rings is 1. The highest BCUT2D eigenvalue weighted by Gasteiger charge is 2.19. The summed E-state index contributed by atoms with van der Waals surface area (Å²) in [5, 5.41) is 3.47. The SMILES string of the molecule is Cc1cc(Cl)c(C(N)c2scc(C)c2Cl)cc1C. The van der Waals surface area contributed by atoms with Gasteiger partial charge in [-0.3, -0.25) is 0 Å². The van der Waals surface area contributed by atoms with Crippen LogP contribution in [0.2, 0.25) is 10.0 Å². The van der Waals surface area contributed by atoms with E-state index in [0.717, 1.165) is 21.0 Å². The molecule has 1 unspecified atom stereocenters. The van der Waals surface area contributed by atoms with Gasteiger partial charge in [-0.15, -0.1) is 11.3 Å². The Bertz CT molecular complexity index is 590. The summed E-state index contributed by atoms with van der Waals surface area (Å²) in [5.41, 5.74) is 10.6. The second kappa shape index (κ2) is 5.22. The average molecular weight is 300 g/mol. The van der Waals surface area contributed by atoms with Crippen LogP contribution in [-0.2, 0) is 0 Å². The summed E-state index contributed by atoms with van der Waals surface area (Å²) in [6.45, 7) is 6.08. The molecule has 0 saturated carbocycles. The summed E-state index contributed by atoms with van der Waals surface area (Å²) >= 11 is 14.1. The van der Waals surface area contributed by atoms with Crippen molar-refractivity contribution in [2.45, 2.75) is 26.8 Å². The van der Waals surface area contributed by atoms with Crippen molar-refractivity contribution in [2.75, 3.05) is 0 Å². The van der Waals surface area contributed by atoms with Crippen LogP contribution < -0.4 is 5.73 Å². The average Bonchev–Trinajstić information content (AvgIpc) is 2.64. The lowest BCUT2D eigenvalue weighted by Gasteiger charge is -2.15. The van der Waals surface area contributed by atoms with Gasteiger partial charge in [0.1, 0.15) is 0 Å². The molecule has 1 aromatic carbocycles. The minimum Gasteiger partial charge on any atom is -0.320 e. The Morgan fingerprint density at radius 1 is 1.06 bits per heavy atom. The Morgan fingerprint density at radius 2 is 1.67 bits per heavy atom. The summed E-state index contributed by atoms with van der Waals surface area (Å²) in [4.78, 5) is 0.972. The fourth-order valence-corrected chi connectivity index (χ4v) is 3.51. The van der Waals surface area contributed by atoms with Crippen molar-refractivity contribution in [3.05, 3.63) is 54.7 Å². The Balaban J connectivity index is 2.49. The highest BCUT2D eigenvalue weighted by Crippen LogP contribution is 2.37. The van der Waals surface area contributed by atoms with Crippen molar-refractivity contribution >= 4 is 34.5 Å². The van der Waals surface area contributed by atoms with Gasteiger partial charge in [-0.05, 0) is 54.5 Å². The number of nitrogens with two attached hydrogens (primary N) is 1. The zero-order chi connectivity index (χ0) is 13.4. The standard InChI is InChI=1S/C14H15Cl2NS/c1-7-4-10(11(15)5-8(7)2)13(17)14-12(16)9(3)6-18-14/h4-6,13H,17H2,1-3H3. The van der Waals surface area contributed by atoms with E-state index in [1.165, 1.54) is 11.1 Å². The van der Waals surface area contributed by atoms with E-state index in [2.05, 4.69) is 6.92 Å². The van der Waals surface area contributed by atoms with Crippen LogP contribution in [-0.4, -0.2) is 0 Å². The molecule has 0 aliphatic heterocycles. The van der Waals surface area contributed by atoms with Crippen LogP contribution in [0.5, 0.6) is 0 Å². The van der Waals surface area contributed by atoms with Crippen molar-refractivity contribution in [1.82, 2.24) is 0 Å². The second-order valence-electron chi connectivity index (χ2n) is 4.53. The van der Waals surface area contributed by atoms with Crippen molar-refractivity contribution in [1.29, 1.82) is 0 Å². The van der Waals surface area contributed by atoms with Crippen LogP contribution in [0.25, 0.3) is 0 Å². The van der Waals surface area contributed by atoms with Crippen molar-refractivity contribution in [3.8, 4) is 0 Å². The summed E-state index contributed by atoms with van der Waals surface area (Å²) in [6.07, 6.45) is 0. The lowest BCUT2D eigenvalue weighted by molar-refractivity contribution is 0.890. The van der Waals surface area contributed by atoms with E-state index in [9.17, 15) is 0 Å². The van der Waals surface area contributed by atoms with Crippen LogP contribution >= 0.6 is 34.5 Å². The maximum Gasteiger partial charge on any atom is 0.0675 e. The Hall–Kier alpha value is -0.540. The first-order valence-corrected chi connectivity index (χ1v) is 7.31. The number of rotatable bonds is 2. The number of halogens is 2. The molecule has 0 saturated heterocycles. The molecule has 4 heteroatoms. The van der Waals surface area contributed by atoms with Gasteiger partial charge in [0.05, 0.1) is 11.1 Å². The van der Waals surface area contributed by atoms with Gasteiger partial charge in [-0.2, -0.15) is 0 Å².